The molecule has 108 valence electrons. The molecule has 2 atom stereocenters. The van der Waals surface area contributed by atoms with Crippen LogP contribution in [0.25, 0.3) is 0 Å². The number of halogens is 3. The highest BCUT2D eigenvalue weighted by Gasteiger charge is 2.37. The molecule has 19 heavy (non-hydrogen) atoms. The Morgan fingerprint density at radius 2 is 2.05 bits per heavy atom. The fourth-order valence-corrected chi connectivity index (χ4v) is 2.98. The second-order valence-electron chi connectivity index (χ2n) is 4.62. The molecule has 1 aromatic rings. The van der Waals surface area contributed by atoms with Crippen LogP contribution in [0.2, 0.25) is 0 Å². The molecule has 1 fully saturated rings. The molecule has 1 aliphatic heterocycles. The van der Waals surface area contributed by atoms with Crippen molar-refractivity contribution in [2.75, 3.05) is 18.0 Å². The first-order valence-electron chi connectivity index (χ1n) is 6.36. The van der Waals surface area contributed by atoms with Crippen LogP contribution in [0.3, 0.4) is 0 Å². The molecule has 4 nitrogen and oxygen atoms in total. The maximum absolute atomic E-state index is 12.6. The van der Waals surface area contributed by atoms with Gasteiger partial charge in [-0.2, -0.15) is 13.2 Å². The third kappa shape index (κ3) is 3.17. The molecule has 0 aromatic carbocycles. The lowest BCUT2D eigenvalue weighted by atomic mass is 10.1. The average molecular weight is 294 g/mol. The van der Waals surface area contributed by atoms with Gasteiger partial charge in [-0.1, -0.05) is 25.2 Å². The summed E-state index contributed by atoms with van der Waals surface area (Å²) in [5, 5.41) is 9.89. The van der Waals surface area contributed by atoms with Crippen LogP contribution in [-0.4, -0.2) is 35.4 Å². The number of aromatic nitrogens is 2. The van der Waals surface area contributed by atoms with Gasteiger partial charge in [0.1, 0.15) is 0 Å². The minimum absolute atomic E-state index is 0.178. The van der Waals surface area contributed by atoms with E-state index >= 15 is 0 Å². The van der Waals surface area contributed by atoms with Crippen molar-refractivity contribution in [1.29, 1.82) is 0 Å². The number of rotatable bonds is 3. The van der Waals surface area contributed by atoms with Crippen molar-refractivity contribution in [3.8, 4) is 0 Å². The third-order valence-electron chi connectivity index (χ3n) is 3.37. The van der Waals surface area contributed by atoms with Crippen LogP contribution in [-0.2, 0) is 6.18 Å². The summed E-state index contributed by atoms with van der Waals surface area (Å²) >= 11 is 0.629. The molecule has 2 unspecified atom stereocenters. The van der Waals surface area contributed by atoms with Gasteiger partial charge in [-0.25, -0.2) is 0 Å². The van der Waals surface area contributed by atoms with E-state index in [4.69, 9.17) is 0 Å². The average Bonchev–Trinajstić information content (AvgIpc) is 2.87. The van der Waals surface area contributed by atoms with Crippen molar-refractivity contribution in [3.05, 3.63) is 5.01 Å². The van der Waals surface area contributed by atoms with Gasteiger partial charge in [0.2, 0.25) is 10.1 Å². The Hall–Kier alpha value is -0.890. The van der Waals surface area contributed by atoms with Crippen molar-refractivity contribution in [2.24, 2.45) is 0 Å². The van der Waals surface area contributed by atoms with Crippen molar-refractivity contribution in [3.63, 3.8) is 0 Å². The van der Waals surface area contributed by atoms with Gasteiger partial charge >= 0.3 is 6.18 Å². The summed E-state index contributed by atoms with van der Waals surface area (Å²) in [5.74, 6) is 0. The number of alkyl halides is 3. The Balaban J connectivity index is 2.19. The first-order valence-corrected chi connectivity index (χ1v) is 7.18. The molecular weight excluding hydrogens is 277 g/mol. The Morgan fingerprint density at radius 3 is 2.58 bits per heavy atom. The lowest BCUT2D eigenvalue weighted by Crippen LogP contribution is -2.56. The predicted octanol–water partition coefficient (Wildman–Crippen LogP) is 2.52. The molecule has 2 rings (SSSR count). The number of hydrogen-bond acceptors (Lipinski definition) is 5. The van der Waals surface area contributed by atoms with Gasteiger partial charge in [0.05, 0.1) is 0 Å². The van der Waals surface area contributed by atoms with Gasteiger partial charge in [0, 0.05) is 25.2 Å². The topological polar surface area (TPSA) is 41.1 Å². The maximum Gasteiger partial charge on any atom is 0.445 e. The lowest BCUT2D eigenvalue weighted by molar-refractivity contribution is -0.138. The molecular formula is C11H17F3N4S. The monoisotopic (exact) mass is 294 g/mol. The predicted molar refractivity (Wildman–Crippen MR) is 68.4 cm³/mol. The molecule has 1 N–H and O–H groups in total. The fraction of sp³-hybridized carbons (Fsp3) is 0.818. The van der Waals surface area contributed by atoms with Crippen molar-refractivity contribution in [1.82, 2.24) is 15.5 Å². The van der Waals surface area contributed by atoms with Crippen LogP contribution in [0.1, 0.15) is 31.7 Å². The van der Waals surface area contributed by atoms with Crippen molar-refractivity contribution >= 4 is 16.5 Å². The zero-order chi connectivity index (χ0) is 14.0. The maximum atomic E-state index is 12.6. The van der Waals surface area contributed by atoms with E-state index in [9.17, 15) is 13.2 Å². The number of nitrogens with one attached hydrogen (secondary N) is 1. The first-order chi connectivity index (χ1) is 8.95. The molecule has 0 aliphatic carbocycles. The molecule has 8 heteroatoms. The SMILES string of the molecule is CCC1CN(c2nnc(C(F)(F)F)s2)C(CC)CN1. The smallest absolute Gasteiger partial charge is 0.341 e. The van der Waals surface area contributed by atoms with Crippen molar-refractivity contribution in [2.45, 2.75) is 44.9 Å². The van der Waals surface area contributed by atoms with Gasteiger partial charge in [0.25, 0.3) is 0 Å². The van der Waals surface area contributed by atoms with E-state index in [0.29, 0.717) is 29.1 Å². The summed E-state index contributed by atoms with van der Waals surface area (Å²) in [5.41, 5.74) is 0. The molecule has 0 radical (unpaired) electrons. The van der Waals surface area contributed by atoms with E-state index in [2.05, 4.69) is 22.4 Å². The van der Waals surface area contributed by atoms with E-state index in [1.807, 2.05) is 11.8 Å². The van der Waals surface area contributed by atoms with Crippen molar-refractivity contribution < 1.29 is 13.2 Å². The highest BCUT2D eigenvalue weighted by molar-refractivity contribution is 7.15. The molecule has 0 bridgehead atoms. The minimum atomic E-state index is -4.41. The molecule has 2 heterocycles. The Morgan fingerprint density at radius 1 is 1.32 bits per heavy atom. The molecule has 0 saturated carbocycles. The van der Waals surface area contributed by atoms with Gasteiger partial charge in [-0.3, -0.25) is 0 Å². The second-order valence-corrected chi connectivity index (χ2v) is 5.57. The molecule has 1 aliphatic rings. The highest BCUT2D eigenvalue weighted by Crippen LogP contribution is 2.35. The molecule has 0 amide bonds. The summed E-state index contributed by atoms with van der Waals surface area (Å²) in [6.07, 6.45) is -2.60. The van der Waals surface area contributed by atoms with Gasteiger partial charge in [-0.05, 0) is 12.8 Å². The van der Waals surface area contributed by atoms with E-state index in [1.54, 1.807) is 0 Å². The number of piperazine rings is 1. The Labute approximate surface area is 114 Å². The Kier molecular flexibility index (Phi) is 4.29. The van der Waals surface area contributed by atoms with E-state index in [0.717, 1.165) is 19.4 Å². The van der Waals surface area contributed by atoms with Gasteiger partial charge in [-0.15, -0.1) is 10.2 Å². The van der Waals surface area contributed by atoms with Crippen LogP contribution < -0.4 is 10.2 Å². The fourth-order valence-electron chi connectivity index (χ4n) is 2.18. The largest absolute Gasteiger partial charge is 0.445 e. The molecule has 1 aromatic heterocycles. The number of nitrogens with zero attached hydrogens (tertiary/aromatic N) is 3. The van der Waals surface area contributed by atoms with E-state index < -0.39 is 11.2 Å². The minimum Gasteiger partial charge on any atom is -0.341 e. The zero-order valence-corrected chi connectivity index (χ0v) is 11.7. The summed E-state index contributed by atoms with van der Waals surface area (Å²) in [6, 6.07) is 0.470. The number of anilines is 1. The summed E-state index contributed by atoms with van der Waals surface area (Å²) in [6.45, 7) is 5.54. The summed E-state index contributed by atoms with van der Waals surface area (Å²) in [7, 11) is 0. The zero-order valence-electron chi connectivity index (χ0n) is 10.9. The van der Waals surface area contributed by atoms with Gasteiger partial charge in [0.15, 0.2) is 0 Å². The first kappa shape index (κ1) is 14.5. The third-order valence-corrected chi connectivity index (χ3v) is 4.37. The molecule has 0 spiro atoms. The Bertz CT molecular complexity index is 420. The lowest BCUT2D eigenvalue weighted by Gasteiger charge is -2.39. The van der Waals surface area contributed by atoms with E-state index in [1.165, 1.54) is 0 Å². The summed E-state index contributed by atoms with van der Waals surface area (Å²) < 4.78 is 37.7. The molecule has 1 saturated heterocycles. The van der Waals surface area contributed by atoms with Gasteiger partial charge < -0.3 is 10.2 Å². The normalized spacial score (nSPS) is 24.8. The van der Waals surface area contributed by atoms with Crippen LogP contribution in [0.5, 0.6) is 0 Å². The highest BCUT2D eigenvalue weighted by atomic mass is 32.1. The van der Waals surface area contributed by atoms with Crippen LogP contribution in [0, 0.1) is 0 Å². The van der Waals surface area contributed by atoms with Crippen LogP contribution in [0.4, 0.5) is 18.3 Å². The quantitative estimate of drug-likeness (QED) is 0.930. The van der Waals surface area contributed by atoms with E-state index in [-0.39, 0.29) is 6.04 Å². The van der Waals surface area contributed by atoms with Crippen LogP contribution >= 0.6 is 11.3 Å². The second kappa shape index (κ2) is 5.62. The number of hydrogen-bond donors (Lipinski definition) is 1. The van der Waals surface area contributed by atoms with Crippen LogP contribution in [0.15, 0.2) is 0 Å². The summed E-state index contributed by atoms with van der Waals surface area (Å²) in [4.78, 5) is 1.96. The standard InChI is InChI=1S/C11H17F3N4S/c1-3-7-6-18(8(4-2)5-15-7)10-17-16-9(19-10)11(12,13)14/h7-8,15H,3-6H2,1-2H3.